The largest absolute Gasteiger partial charge is 0.507 e. The van der Waals surface area contributed by atoms with Crippen LogP contribution in [0.3, 0.4) is 0 Å². The van der Waals surface area contributed by atoms with E-state index in [1.807, 2.05) is 6.92 Å². The molecule has 29 heavy (non-hydrogen) atoms. The van der Waals surface area contributed by atoms with Crippen LogP contribution in [-0.4, -0.2) is 28.2 Å². The Bertz CT molecular complexity index is 1090. The second-order valence-electron chi connectivity index (χ2n) is 6.35. The number of phenolic OH excluding ortho intramolecular Hbond substituents is 1. The molecule has 3 aromatic rings. The van der Waals surface area contributed by atoms with Gasteiger partial charge in [0.1, 0.15) is 29.0 Å². The number of carbonyl (C=O) groups is 2. The first kappa shape index (κ1) is 19.8. The fourth-order valence-electron chi connectivity index (χ4n) is 2.91. The maximum Gasteiger partial charge on any atom is 0.342 e. The van der Waals surface area contributed by atoms with Crippen molar-refractivity contribution >= 4 is 17.7 Å². The van der Waals surface area contributed by atoms with Gasteiger partial charge in [-0.1, -0.05) is 12.1 Å². The Hall–Kier alpha value is -3.99. The van der Waals surface area contributed by atoms with Crippen LogP contribution < -0.4 is 5.32 Å². The number of nitriles is 1. The average Bonchev–Trinajstić information content (AvgIpc) is 3.29. The molecule has 2 heterocycles. The number of ether oxygens (including phenoxy) is 1. The summed E-state index contributed by atoms with van der Waals surface area (Å²) < 4.78 is 12.1. The maximum atomic E-state index is 12.4. The number of anilines is 1. The number of phenols is 1. The molecule has 0 saturated heterocycles. The van der Waals surface area contributed by atoms with Crippen molar-refractivity contribution in [3.63, 3.8) is 0 Å². The van der Waals surface area contributed by atoms with E-state index in [9.17, 15) is 20.0 Å². The van der Waals surface area contributed by atoms with Gasteiger partial charge in [0.25, 0.3) is 5.91 Å². The molecule has 148 valence electrons. The lowest BCUT2D eigenvalue weighted by molar-refractivity contribution is -0.119. The van der Waals surface area contributed by atoms with Crippen LogP contribution in [0.15, 0.2) is 47.1 Å². The fraction of sp³-hybridized carbons (Fsp3) is 0.190. The van der Waals surface area contributed by atoms with Crippen molar-refractivity contribution in [2.45, 2.75) is 20.4 Å². The highest BCUT2D eigenvalue weighted by Crippen LogP contribution is 2.27. The molecule has 8 heteroatoms. The molecule has 2 aromatic heterocycles. The number of aromatic hydroxyl groups is 1. The standard InChI is InChI=1S/C21H19N3O5/c1-13-14(2)24(11-15-6-5-9-28-15)20(17(13)10-22)23-19(26)12-29-21(27)16-7-3-4-8-18(16)25/h3-9,25H,11-12H2,1-2H3,(H,23,26). The van der Waals surface area contributed by atoms with E-state index >= 15 is 0 Å². The Morgan fingerprint density at radius 1 is 1.24 bits per heavy atom. The number of benzene rings is 1. The number of amides is 1. The third kappa shape index (κ3) is 4.14. The van der Waals surface area contributed by atoms with Crippen LogP contribution in [0.1, 0.15) is 32.9 Å². The second-order valence-corrected chi connectivity index (χ2v) is 6.35. The zero-order valence-corrected chi connectivity index (χ0v) is 15.9. The normalized spacial score (nSPS) is 10.4. The maximum absolute atomic E-state index is 12.4. The van der Waals surface area contributed by atoms with Crippen molar-refractivity contribution in [2.75, 3.05) is 11.9 Å². The van der Waals surface area contributed by atoms with Crippen LogP contribution in [0.4, 0.5) is 5.82 Å². The first-order chi connectivity index (χ1) is 13.9. The van der Waals surface area contributed by atoms with Crippen LogP contribution in [0.5, 0.6) is 5.75 Å². The summed E-state index contributed by atoms with van der Waals surface area (Å²) in [5, 5.41) is 21.9. The first-order valence-electron chi connectivity index (χ1n) is 8.79. The Morgan fingerprint density at radius 2 is 2.00 bits per heavy atom. The molecule has 0 aliphatic rings. The lowest BCUT2D eigenvalue weighted by Gasteiger charge is -2.12. The minimum Gasteiger partial charge on any atom is -0.507 e. The van der Waals surface area contributed by atoms with Crippen LogP contribution in [-0.2, 0) is 16.1 Å². The van der Waals surface area contributed by atoms with Crippen LogP contribution in [0.25, 0.3) is 0 Å². The lowest BCUT2D eigenvalue weighted by Crippen LogP contribution is -2.23. The number of rotatable bonds is 6. The van der Waals surface area contributed by atoms with Gasteiger partial charge in [0.15, 0.2) is 6.61 Å². The molecule has 0 fully saturated rings. The molecule has 0 bridgehead atoms. The van der Waals surface area contributed by atoms with Crippen LogP contribution in [0, 0.1) is 25.2 Å². The summed E-state index contributed by atoms with van der Waals surface area (Å²) in [4.78, 5) is 24.4. The van der Waals surface area contributed by atoms with Gasteiger partial charge >= 0.3 is 5.97 Å². The number of nitrogens with zero attached hydrogens (tertiary/aromatic N) is 2. The van der Waals surface area contributed by atoms with E-state index < -0.39 is 18.5 Å². The van der Waals surface area contributed by atoms with Crippen molar-refractivity contribution in [3.8, 4) is 11.8 Å². The predicted molar refractivity (Wildman–Crippen MR) is 103 cm³/mol. The number of aromatic nitrogens is 1. The Morgan fingerprint density at radius 3 is 2.66 bits per heavy atom. The van der Waals surface area contributed by atoms with Gasteiger partial charge in [-0.3, -0.25) is 4.79 Å². The molecular weight excluding hydrogens is 374 g/mol. The highest BCUT2D eigenvalue weighted by molar-refractivity contribution is 5.97. The monoisotopic (exact) mass is 393 g/mol. The third-order valence-corrected chi connectivity index (χ3v) is 4.55. The van der Waals surface area contributed by atoms with E-state index in [4.69, 9.17) is 9.15 Å². The molecule has 0 unspecified atom stereocenters. The summed E-state index contributed by atoms with van der Waals surface area (Å²) in [5.41, 5.74) is 1.83. The first-order valence-corrected chi connectivity index (χ1v) is 8.79. The van der Waals surface area contributed by atoms with Gasteiger partial charge in [0.05, 0.1) is 18.4 Å². The highest BCUT2D eigenvalue weighted by Gasteiger charge is 2.21. The summed E-state index contributed by atoms with van der Waals surface area (Å²) >= 11 is 0. The summed E-state index contributed by atoms with van der Waals surface area (Å²) in [7, 11) is 0. The molecule has 3 rings (SSSR count). The zero-order chi connectivity index (χ0) is 21.0. The number of furan rings is 1. The lowest BCUT2D eigenvalue weighted by atomic mass is 10.2. The molecule has 8 nitrogen and oxygen atoms in total. The zero-order valence-electron chi connectivity index (χ0n) is 15.9. The molecule has 0 saturated carbocycles. The van der Waals surface area contributed by atoms with Crippen molar-refractivity contribution < 1.29 is 23.8 Å². The van der Waals surface area contributed by atoms with Crippen molar-refractivity contribution in [2.24, 2.45) is 0 Å². The van der Waals surface area contributed by atoms with Gasteiger partial charge in [0, 0.05) is 5.69 Å². The molecule has 2 N–H and O–H groups in total. The smallest absolute Gasteiger partial charge is 0.342 e. The number of hydrogen-bond donors (Lipinski definition) is 2. The quantitative estimate of drug-likeness (QED) is 0.621. The summed E-state index contributed by atoms with van der Waals surface area (Å²) in [6.45, 7) is 3.39. The SMILES string of the molecule is Cc1c(C#N)c(NC(=O)COC(=O)c2ccccc2O)n(Cc2ccco2)c1C. The number of carbonyl (C=O) groups excluding carboxylic acids is 2. The fourth-order valence-corrected chi connectivity index (χ4v) is 2.91. The molecule has 1 aromatic carbocycles. The molecular formula is C21H19N3O5. The predicted octanol–water partition coefficient (Wildman–Crippen LogP) is 3.12. The van der Waals surface area contributed by atoms with E-state index in [2.05, 4.69) is 11.4 Å². The topological polar surface area (TPSA) is 117 Å². The number of nitrogens with one attached hydrogen (secondary N) is 1. The summed E-state index contributed by atoms with van der Waals surface area (Å²) in [6.07, 6.45) is 1.54. The van der Waals surface area contributed by atoms with E-state index in [-0.39, 0.29) is 11.3 Å². The number of esters is 1. The van der Waals surface area contributed by atoms with E-state index in [1.165, 1.54) is 12.1 Å². The van der Waals surface area contributed by atoms with Gasteiger partial charge in [-0.25, -0.2) is 4.79 Å². The molecule has 0 atom stereocenters. The Kier molecular flexibility index (Phi) is 5.69. The average molecular weight is 393 g/mol. The van der Waals surface area contributed by atoms with Gasteiger partial charge in [-0.05, 0) is 43.7 Å². The highest BCUT2D eigenvalue weighted by atomic mass is 16.5. The van der Waals surface area contributed by atoms with E-state index in [1.54, 1.807) is 42.0 Å². The minimum absolute atomic E-state index is 0.0362. The van der Waals surface area contributed by atoms with Gasteiger partial charge in [0.2, 0.25) is 0 Å². The van der Waals surface area contributed by atoms with E-state index in [0.29, 0.717) is 23.7 Å². The van der Waals surface area contributed by atoms with Crippen LogP contribution in [0.2, 0.25) is 0 Å². The van der Waals surface area contributed by atoms with Gasteiger partial charge in [-0.15, -0.1) is 0 Å². The second kappa shape index (κ2) is 8.35. The summed E-state index contributed by atoms with van der Waals surface area (Å²) in [5.74, 6) is -0.694. The van der Waals surface area contributed by atoms with Crippen molar-refractivity contribution in [3.05, 3.63) is 70.8 Å². The van der Waals surface area contributed by atoms with Crippen molar-refractivity contribution in [1.82, 2.24) is 4.57 Å². The molecule has 0 aliphatic heterocycles. The molecule has 1 amide bonds. The Labute approximate surface area is 166 Å². The minimum atomic E-state index is -0.822. The van der Waals surface area contributed by atoms with Gasteiger partial charge in [-0.2, -0.15) is 5.26 Å². The number of para-hydroxylation sites is 1. The summed E-state index contributed by atoms with van der Waals surface area (Å²) in [6, 6.07) is 11.5. The van der Waals surface area contributed by atoms with Crippen LogP contribution >= 0.6 is 0 Å². The molecule has 0 spiro atoms. The molecule has 0 radical (unpaired) electrons. The Balaban J connectivity index is 1.76. The van der Waals surface area contributed by atoms with Crippen molar-refractivity contribution in [1.29, 1.82) is 5.26 Å². The van der Waals surface area contributed by atoms with E-state index in [0.717, 1.165) is 11.3 Å². The van der Waals surface area contributed by atoms with Gasteiger partial charge < -0.3 is 24.1 Å². The molecule has 0 aliphatic carbocycles. The third-order valence-electron chi connectivity index (χ3n) is 4.55. The number of hydrogen-bond acceptors (Lipinski definition) is 6.